The Balaban J connectivity index is 1.57. The number of anilines is 1. The average Bonchev–Trinajstić information content (AvgIpc) is 2.73. The van der Waals surface area contributed by atoms with Crippen LogP contribution < -0.4 is 20.5 Å². The zero-order valence-corrected chi connectivity index (χ0v) is 19.3. The molecule has 1 aliphatic heterocycles. The number of aromatic nitrogens is 2. The van der Waals surface area contributed by atoms with Crippen LogP contribution in [0.5, 0.6) is 11.6 Å². The maximum absolute atomic E-state index is 11.1. The first-order chi connectivity index (χ1) is 15.1. The van der Waals surface area contributed by atoms with Crippen LogP contribution >= 0.6 is 0 Å². The minimum absolute atomic E-state index is 0.00526. The molecule has 11 heteroatoms. The van der Waals surface area contributed by atoms with Crippen LogP contribution in [-0.4, -0.2) is 49.9 Å². The Labute approximate surface area is 188 Å². The molecule has 0 saturated heterocycles. The van der Waals surface area contributed by atoms with E-state index in [1.54, 1.807) is 18.2 Å². The summed E-state index contributed by atoms with van der Waals surface area (Å²) in [6.07, 6.45) is 4.63. The second-order valence-electron chi connectivity index (χ2n) is 7.98. The van der Waals surface area contributed by atoms with E-state index in [1.165, 1.54) is 0 Å². The van der Waals surface area contributed by atoms with Crippen molar-refractivity contribution in [3.8, 4) is 11.6 Å². The molecule has 2 aromatic rings. The lowest BCUT2D eigenvalue weighted by molar-refractivity contribution is 0.460. The molecule has 1 unspecified atom stereocenters. The number of hydrogen-bond acceptors (Lipinski definition) is 9. The predicted octanol–water partition coefficient (Wildman–Crippen LogP) is 1.89. The van der Waals surface area contributed by atoms with Crippen LogP contribution in [0, 0.1) is 5.41 Å². The number of nitrogen functional groups attached to an aromatic ring is 1. The maximum Gasteiger partial charge on any atom is 0.224 e. The second-order valence-corrected chi connectivity index (χ2v) is 9.81. The van der Waals surface area contributed by atoms with E-state index in [0.29, 0.717) is 49.3 Å². The number of hydrogen-bond donors (Lipinski definition) is 3. The Kier molecular flexibility index (Phi) is 7.41. The topological polar surface area (TPSA) is 144 Å². The molecule has 0 saturated carbocycles. The zero-order valence-electron chi connectivity index (χ0n) is 18.5. The molecule has 0 radical (unpaired) electrons. The maximum atomic E-state index is 11.1. The molecule has 1 atom stereocenters. The molecule has 2 heterocycles. The lowest BCUT2D eigenvalue weighted by atomic mass is 9.89. The fourth-order valence-electron chi connectivity index (χ4n) is 2.89. The molecule has 0 amide bonds. The van der Waals surface area contributed by atoms with Crippen molar-refractivity contribution in [3.05, 3.63) is 41.6 Å². The van der Waals surface area contributed by atoms with Crippen LogP contribution in [0.25, 0.3) is 0 Å². The van der Waals surface area contributed by atoms with Gasteiger partial charge in [-0.3, -0.25) is 4.99 Å². The Bertz CT molecular complexity index is 1100. The second kappa shape index (κ2) is 10.0. The standard InChI is InChI=1S/C21H29N7O3S/c1-4-21(2)13-24-20(25-14-21)23-12-16-11-18(28-19(22)27-16)31-17-7-5-15(6-8-17)9-10-26-32(3,29)30/h5-8,11,13,26H,4,9-10,12,14H2,1-3H3,(H,23,25)(H2,22,27,28). The fraction of sp³-hybridized carbons (Fsp3) is 0.429. The van der Waals surface area contributed by atoms with Crippen molar-refractivity contribution in [2.75, 3.05) is 25.1 Å². The van der Waals surface area contributed by atoms with E-state index in [1.807, 2.05) is 18.3 Å². The summed E-state index contributed by atoms with van der Waals surface area (Å²) in [6, 6.07) is 9.03. The molecule has 3 rings (SSSR count). The van der Waals surface area contributed by atoms with Gasteiger partial charge in [-0.05, 0) is 30.5 Å². The number of nitrogens with one attached hydrogen (secondary N) is 2. The highest BCUT2D eigenvalue weighted by Gasteiger charge is 2.22. The Morgan fingerprint density at radius 3 is 2.59 bits per heavy atom. The summed E-state index contributed by atoms with van der Waals surface area (Å²) >= 11 is 0. The summed E-state index contributed by atoms with van der Waals surface area (Å²) in [4.78, 5) is 17.2. The predicted molar refractivity (Wildman–Crippen MR) is 126 cm³/mol. The van der Waals surface area contributed by atoms with Gasteiger partial charge >= 0.3 is 0 Å². The third-order valence-electron chi connectivity index (χ3n) is 5.02. The van der Waals surface area contributed by atoms with E-state index in [4.69, 9.17) is 10.5 Å². The number of aliphatic imine (C=N–C) groups is 2. The van der Waals surface area contributed by atoms with Crippen molar-refractivity contribution in [2.24, 2.45) is 15.4 Å². The van der Waals surface area contributed by atoms with E-state index in [9.17, 15) is 8.42 Å². The van der Waals surface area contributed by atoms with E-state index in [0.717, 1.165) is 18.2 Å². The van der Waals surface area contributed by atoms with Gasteiger partial charge in [0.15, 0.2) is 0 Å². The van der Waals surface area contributed by atoms with Gasteiger partial charge in [0.25, 0.3) is 0 Å². The van der Waals surface area contributed by atoms with Crippen molar-refractivity contribution in [1.82, 2.24) is 20.0 Å². The summed E-state index contributed by atoms with van der Waals surface area (Å²) in [7, 11) is -3.19. The first-order valence-corrected chi connectivity index (χ1v) is 12.2. The van der Waals surface area contributed by atoms with Gasteiger partial charge in [0.1, 0.15) is 5.75 Å². The van der Waals surface area contributed by atoms with Gasteiger partial charge in [-0.1, -0.05) is 26.0 Å². The van der Waals surface area contributed by atoms with Crippen LogP contribution in [-0.2, 0) is 23.0 Å². The van der Waals surface area contributed by atoms with Crippen molar-refractivity contribution in [1.29, 1.82) is 0 Å². The molecule has 172 valence electrons. The molecule has 0 spiro atoms. The monoisotopic (exact) mass is 459 g/mol. The Morgan fingerprint density at radius 2 is 1.97 bits per heavy atom. The molecule has 1 aromatic heterocycles. The number of ether oxygens (including phenoxy) is 1. The molecule has 0 bridgehead atoms. The number of nitrogens with zero attached hydrogens (tertiary/aromatic N) is 4. The number of nitrogens with two attached hydrogens (primary N) is 1. The van der Waals surface area contributed by atoms with Crippen molar-refractivity contribution < 1.29 is 13.2 Å². The third-order valence-corrected chi connectivity index (χ3v) is 5.75. The van der Waals surface area contributed by atoms with Gasteiger partial charge in [-0.2, -0.15) is 4.98 Å². The highest BCUT2D eigenvalue weighted by molar-refractivity contribution is 7.88. The molecular weight excluding hydrogens is 430 g/mol. The Hall–Kier alpha value is -3.05. The van der Waals surface area contributed by atoms with Crippen LogP contribution in [0.4, 0.5) is 5.95 Å². The molecule has 4 N–H and O–H groups in total. The normalized spacial score (nSPS) is 18.3. The Morgan fingerprint density at radius 1 is 1.22 bits per heavy atom. The van der Waals surface area contributed by atoms with Crippen molar-refractivity contribution in [2.45, 2.75) is 33.2 Å². The van der Waals surface area contributed by atoms with Gasteiger partial charge in [0, 0.05) is 24.2 Å². The summed E-state index contributed by atoms with van der Waals surface area (Å²) in [5, 5.41) is 3.16. The number of rotatable bonds is 9. The SMILES string of the molecule is CCC1(C)C=NC(NCc2cc(Oc3ccc(CCNS(C)(=O)=O)cc3)nc(N)n2)=NC1. The van der Waals surface area contributed by atoms with E-state index in [2.05, 4.69) is 43.8 Å². The largest absolute Gasteiger partial charge is 0.439 e. The fourth-order valence-corrected chi connectivity index (χ4v) is 3.36. The molecule has 0 fully saturated rings. The van der Waals surface area contributed by atoms with Crippen LogP contribution in [0.1, 0.15) is 31.5 Å². The molecule has 1 aliphatic rings. The minimum atomic E-state index is -3.19. The number of guanidine groups is 1. The summed E-state index contributed by atoms with van der Waals surface area (Å²) < 4.78 is 30.6. The van der Waals surface area contributed by atoms with Crippen LogP contribution in [0.2, 0.25) is 0 Å². The zero-order chi connectivity index (χ0) is 23.2. The van der Waals surface area contributed by atoms with Gasteiger partial charge in [0.2, 0.25) is 27.8 Å². The van der Waals surface area contributed by atoms with Gasteiger partial charge in [-0.25, -0.2) is 23.1 Å². The van der Waals surface area contributed by atoms with Gasteiger partial charge in [0.05, 0.1) is 25.0 Å². The number of benzene rings is 1. The minimum Gasteiger partial charge on any atom is -0.439 e. The summed E-state index contributed by atoms with van der Waals surface area (Å²) in [5.74, 6) is 1.59. The van der Waals surface area contributed by atoms with E-state index < -0.39 is 10.0 Å². The summed E-state index contributed by atoms with van der Waals surface area (Å²) in [6.45, 7) is 5.66. The molecular formula is C21H29N7O3S. The lowest BCUT2D eigenvalue weighted by Gasteiger charge is -2.24. The van der Waals surface area contributed by atoms with Crippen molar-refractivity contribution >= 4 is 28.1 Å². The number of sulfonamides is 1. The average molecular weight is 460 g/mol. The third kappa shape index (κ3) is 7.27. The quantitative estimate of drug-likeness (QED) is 0.519. The first kappa shape index (κ1) is 23.6. The smallest absolute Gasteiger partial charge is 0.224 e. The highest BCUT2D eigenvalue weighted by atomic mass is 32.2. The molecule has 10 nitrogen and oxygen atoms in total. The van der Waals surface area contributed by atoms with Crippen molar-refractivity contribution in [3.63, 3.8) is 0 Å². The first-order valence-electron chi connectivity index (χ1n) is 10.3. The van der Waals surface area contributed by atoms with Crippen LogP contribution in [0.15, 0.2) is 40.3 Å². The highest BCUT2D eigenvalue weighted by Crippen LogP contribution is 2.22. The molecule has 1 aromatic carbocycles. The van der Waals surface area contributed by atoms with E-state index >= 15 is 0 Å². The van der Waals surface area contributed by atoms with Crippen LogP contribution in [0.3, 0.4) is 0 Å². The van der Waals surface area contributed by atoms with Gasteiger partial charge in [-0.15, -0.1) is 0 Å². The van der Waals surface area contributed by atoms with E-state index in [-0.39, 0.29) is 11.4 Å². The summed E-state index contributed by atoms with van der Waals surface area (Å²) in [5.41, 5.74) is 7.48. The lowest BCUT2D eigenvalue weighted by Crippen LogP contribution is -2.31. The van der Waals surface area contributed by atoms with Gasteiger partial charge < -0.3 is 15.8 Å². The molecule has 0 aliphatic carbocycles. The molecule has 32 heavy (non-hydrogen) atoms.